The molecule has 0 aliphatic heterocycles. The fraction of sp³-hybridized carbons (Fsp3) is 0.0667. The first-order chi connectivity index (χ1) is 19.4. The van der Waals surface area contributed by atoms with Gasteiger partial charge in [0.25, 0.3) is 5.69 Å². The van der Waals surface area contributed by atoms with E-state index < -0.39 is 16.7 Å². The fourth-order valence-electron chi connectivity index (χ4n) is 4.19. The average Bonchev–Trinajstić information content (AvgIpc) is 3.44. The number of carboxylic acid groups (broad SMARTS) is 1. The number of carboxylic acids is 1. The Balaban J connectivity index is 0.00000387. The summed E-state index contributed by atoms with van der Waals surface area (Å²) in [6.07, 6.45) is -0.0975. The average molecular weight is 574 g/mol. The Morgan fingerprint density at radius 1 is 0.805 bits per heavy atom. The van der Waals surface area contributed by atoms with Crippen molar-refractivity contribution in [3.63, 3.8) is 0 Å². The molecule has 4 aromatic carbocycles. The molecule has 0 saturated carbocycles. The number of rotatable bonds is 10. The van der Waals surface area contributed by atoms with Crippen LogP contribution >= 0.6 is 11.7 Å². The van der Waals surface area contributed by atoms with Crippen molar-refractivity contribution in [1.29, 1.82) is 0 Å². The molecule has 0 atom stereocenters. The van der Waals surface area contributed by atoms with E-state index in [-0.39, 0.29) is 63.9 Å². The summed E-state index contributed by atoms with van der Waals surface area (Å²) in [6.45, 7) is 0.349. The van der Waals surface area contributed by atoms with Gasteiger partial charge < -0.3 is 14.6 Å². The van der Waals surface area contributed by atoms with Gasteiger partial charge in [0.2, 0.25) is 0 Å². The quantitative estimate of drug-likeness (QED) is 0.0812. The number of aliphatic carboxylic acids is 1. The number of ether oxygens (including phenoxy) is 1. The molecule has 1 aromatic heterocycles. The predicted molar refractivity (Wildman–Crippen MR) is 148 cm³/mol. The largest absolute Gasteiger partial charge is 1.00 e. The predicted octanol–water partition coefficient (Wildman–Crippen LogP) is 1.81. The Labute approximate surface area is 260 Å². The number of hydrogen-bond donors (Lipinski definition) is 0. The van der Waals surface area contributed by atoms with E-state index in [0.29, 0.717) is 29.0 Å². The van der Waals surface area contributed by atoms with E-state index in [1.54, 1.807) is 42.5 Å². The van der Waals surface area contributed by atoms with Gasteiger partial charge in [-0.3, -0.25) is 14.9 Å². The maximum absolute atomic E-state index is 13.8. The van der Waals surface area contributed by atoms with E-state index in [9.17, 15) is 24.8 Å². The zero-order valence-corrected chi connectivity index (χ0v) is 24.7. The third kappa shape index (κ3) is 7.11. The number of fused-ring (bicyclic) bond motifs is 1. The SMILES string of the molecule is O=C([O-])C(=C(Cc1ccc([N+](=O)[O-])cc1)C(=O)c1ccc(OCc2ccccc2)cc1)c1ccc2nsnc2c1.[Na+]. The van der Waals surface area contributed by atoms with E-state index in [2.05, 4.69) is 8.75 Å². The van der Waals surface area contributed by atoms with Crippen molar-refractivity contribution in [2.75, 3.05) is 0 Å². The minimum absolute atomic E-state index is 0. The van der Waals surface area contributed by atoms with Gasteiger partial charge in [-0.2, -0.15) is 8.75 Å². The summed E-state index contributed by atoms with van der Waals surface area (Å²) in [4.78, 5) is 36.9. The summed E-state index contributed by atoms with van der Waals surface area (Å²) >= 11 is 0.990. The molecule has 1 heterocycles. The van der Waals surface area contributed by atoms with Gasteiger partial charge in [-0.25, -0.2) is 0 Å². The van der Waals surface area contributed by atoms with Crippen LogP contribution < -0.4 is 39.4 Å². The number of Topliss-reactive ketones (excluding diaryl/α,β-unsaturated/α-hetero) is 1. The molecule has 41 heavy (non-hydrogen) atoms. The van der Waals surface area contributed by atoms with Crippen LogP contribution in [0.4, 0.5) is 5.69 Å². The number of carbonyl (C=O) groups excluding carboxylic acids is 2. The molecule has 0 aliphatic carbocycles. The molecule has 198 valence electrons. The number of carbonyl (C=O) groups is 2. The molecular weight excluding hydrogens is 553 g/mol. The van der Waals surface area contributed by atoms with Crippen molar-refractivity contribution in [2.24, 2.45) is 0 Å². The normalized spacial score (nSPS) is 11.3. The molecule has 0 amide bonds. The molecule has 0 fully saturated rings. The maximum atomic E-state index is 13.8. The number of allylic oxidation sites excluding steroid dienone is 1. The number of hydrogen-bond acceptors (Lipinski definition) is 9. The Morgan fingerprint density at radius 2 is 1.46 bits per heavy atom. The fourth-order valence-corrected chi connectivity index (χ4v) is 4.71. The zero-order valence-electron chi connectivity index (χ0n) is 21.9. The van der Waals surface area contributed by atoms with Crippen LogP contribution in [-0.4, -0.2) is 25.4 Å². The summed E-state index contributed by atoms with van der Waals surface area (Å²) in [6, 6.07) is 26.4. The number of nitrogens with zero attached hydrogens (tertiary/aromatic N) is 3. The van der Waals surface area contributed by atoms with E-state index >= 15 is 0 Å². The van der Waals surface area contributed by atoms with E-state index in [0.717, 1.165) is 17.3 Å². The van der Waals surface area contributed by atoms with Crippen molar-refractivity contribution in [2.45, 2.75) is 13.0 Å². The van der Waals surface area contributed by atoms with Crippen LogP contribution in [0.25, 0.3) is 16.6 Å². The second-order valence-corrected chi connectivity index (χ2v) is 9.37. The summed E-state index contributed by atoms with van der Waals surface area (Å²) in [5, 5.41) is 23.6. The van der Waals surface area contributed by atoms with Crippen LogP contribution in [0.5, 0.6) is 5.75 Å². The zero-order chi connectivity index (χ0) is 28.1. The molecule has 0 unspecified atom stereocenters. The molecule has 0 spiro atoms. The van der Waals surface area contributed by atoms with Crippen molar-refractivity contribution in [3.8, 4) is 5.75 Å². The Kier molecular flexibility index (Phi) is 9.74. The first-order valence-electron chi connectivity index (χ1n) is 12.1. The van der Waals surface area contributed by atoms with Gasteiger partial charge in [0, 0.05) is 35.3 Å². The van der Waals surface area contributed by atoms with Crippen LogP contribution in [0.2, 0.25) is 0 Å². The Hall–Kier alpha value is -4.22. The number of nitro groups is 1. The molecule has 0 aliphatic rings. The van der Waals surface area contributed by atoms with Gasteiger partial charge in [-0.1, -0.05) is 48.5 Å². The third-order valence-corrected chi connectivity index (χ3v) is 6.77. The van der Waals surface area contributed by atoms with Gasteiger partial charge >= 0.3 is 29.6 Å². The standard InChI is InChI=1S/C30H21N3O6S.Na/c34-29(21-8-13-24(14-9-21)39-18-20-4-2-1-3-5-20)25(16-19-6-11-23(12-7-19)33(37)38)28(30(35)36)22-10-15-26-27(17-22)32-40-31-26;/h1-15,17H,16,18H2,(H,35,36);/q;+1/p-1. The Bertz CT molecular complexity index is 1740. The molecule has 11 heteroatoms. The molecule has 9 nitrogen and oxygen atoms in total. The van der Waals surface area contributed by atoms with E-state index in [1.807, 2.05) is 30.3 Å². The van der Waals surface area contributed by atoms with Crippen LogP contribution in [-0.2, 0) is 17.8 Å². The van der Waals surface area contributed by atoms with Crippen LogP contribution in [0, 0.1) is 10.1 Å². The smallest absolute Gasteiger partial charge is 0.545 e. The van der Waals surface area contributed by atoms with E-state index in [1.165, 1.54) is 24.3 Å². The number of benzene rings is 4. The van der Waals surface area contributed by atoms with Gasteiger partial charge in [0.15, 0.2) is 5.78 Å². The number of ketones is 1. The van der Waals surface area contributed by atoms with Gasteiger partial charge in [-0.15, -0.1) is 0 Å². The van der Waals surface area contributed by atoms with Crippen molar-refractivity contribution in [1.82, 2.24) is 8.75 Å². The van der Waals surface area contributed by atoms with Gasteiger partial charge in [0.1, 0.15) is 23.4 Å². The summed E-state index contributed by atoms with van der Waals surface area (Å²) in [5.74, 6) is -1.51. The van der Waals surface area contributed by atoms with Crippen LogP contribution in [0.15, 0.2) is 103 Å². The molecule has 0 bridgehead atoms. The van der Waals surface area contributed by atoms with Crippen molar-refractivity contribution < 1.29 is 53.9 Å². The first-order valence-corrected chi connectivity index (χ1v) is 12.8. The second-order valence-electron chi connectivity index (χ2n) is 8.84. The molecular formula is C30H20N3NaO6S. The van der Waals surface area contributed by atoms with Gasteiger partial charge in [0.05, 0.1) is 22.6 Å². The molecule has 5 rings (SSSR count). The monoisotopic (exact) mass is 573 g/mol. The second kappa shape index (κ2) is 13.4. The summed E-state index contributed by atoms with van der Waals surface area (Å²) in [5.41, 5.74) is 2.65. The Morgan fingerprint density at radius 3 is 2.12 bits per heavy atom. The molecule has 5 aromatic rings. The van der Waals surface area contributed by atoms with Crippen LogP contribution in [0.3, 0.4) is 0 Å². The summed E-state index contributed by atoms with van der Waals surface area (Å²) in [7, 11) is 0. The molecule has 0 radical (unpaired) electrons. The summed E-state index contributed by atoms with van der Waals surface area (Å²) < 4.78 is 14.1. The van der Waals surface area contributed by atoms with E-state index in [4.69, 9.17) is 4.74 Å². The van der Waals surface area contributed by atoms with Crippen molar-refractivity contribution >= 4 is 45.8 Å². The number of nitro benzene ring substituents is 1. The molecule has 0 saturated heterocycles. The third-order valence-electron chi connectivity index (χ3n) is 6.22. The van der Waals surface area contributed by atoms with Gasteiger partial charge in [-0.05, 0) is 53.1 Å². The topological polar surface area (TPSA) is 135 Å². The molecule has 0 N–H and O–H groups in total. The first kappa shape index (κ1) is 29.8. The minimum Gasteiger partial charge on any atom is -0.545 e. The van der Waals surface area contributed by atoms with Crippen molar-refractivity contribution in [3.05, 3.63) is 135 Å². The minimum atomic E-state index is -1.53. The maximum Gasteiger partial charge on any atom is 1.00 e. The number of non-ortho nitro benzene ring substituents is 1. The van der Waals surface area contributed by atoms with Crippen LogP contribution in [0.1, 0.15) is 27.0 Å². The number of aromatic nitrogens is 2.